The summed E-state index contributed by atoms with van der Waals surface area (Å²) in [7, 11) is 9.33. The Kier molecular flexibility index (Phi) is 11.8. The highest BCUT2D eigenvalue weighted by Crippen LogP contribution is 2.31. The molecule has 1 aromatic rings. The van der Waals surface area contributed by atoms with Crippen molar-refractivity contribution in [2.24, 2.45) is 4.99 Å². The second-order valence-corrected chi connectivity index (χ2v) is 8.10. The Hall–Kier alpha value is -1.26. The van der Waals surface area contributed by atoms with Crippen LogP contribution < -0.4 is 20.1 Å². The van der Waals surface area contributed by atoms with Crippen LogP contribution in [0.5, 0.6) is 11.5 Å². The molecule has 1 heterocycles. The number of halogens is 1. The highest BCUT2D eigenvalue weighted by Gasteiger charge is 2.22. The Morgan fingerprint density at radius 3 is 2.30 bits per heavy atom. The molecule has 1 unspecified atom stereocenters. The Morgan fingerprint density at radius 2 is 1.80 bits per heavy atom. The van der Waals surface area contributed by atoms with E-state index in [9.17, 15) is 0 Å². The van der Waals surface area contributed by atoms with Gasteiger partial charge < -0.3 is 29.9 Å². The topological polar surface area (TPSA) is 61.4 Å². The molecule has 2 N–H and O–H groups in total. The van der Waals surface area contributed by atoms with E-state index in [1.807, 2.05) is 19.2 Å². The van der Waals surface area contributed by atoms with Gasteiger partial charge in [-0.2, -0.15) is 0 Å². The van der Waals surface area contributed by atoms with E-state index in [4.69, 9.17) is 9.47 Å². The molecule has 8 heteroatoms. The first-order chi connectivity index (χ1) is 13.9. The molecule has 1 saturated heterocycles. The molecule has 0 aromatic heterocycles. The van der Waals surface area contributed by atoms with Gasteiger partial charge in [0.05, 0.1) is 20.3 Å². The molecule has 7 nitrogen and oxygen atoms in total. The number of hydrogen-bond donors (Lipinski definition) is 2. The number of aliphatic imine (C=N–C) groups is 1. The van der Waals surface area contributed by atoms with E-state index in [1.165, 1.54) is 5.56 Å². The number of piperidine rings is 1. The molecule has 1 aliphatic heterocycles. The number of ether oxygens (including phenoxy) is 2. The van der Waals surface area contributed by atoms with Gasteiger partial charge in [0.25, 0.3) is 0 Å². The second kappa shape index (κ2) is 13.2. The lowest BCUT2D eigenvalue weighted by molar-refractivity contribution is 0.167. The summed E-state index contributed by atoms with van der Waals surface area (Å²) in [6.45, 7) is 7.55. The number of rotatable bonds is 8. The van der Waals surface area contributed by atoms with Crippen LogP contribution in [0.2, 0.25) is 0 Å². The van der Waals surface area contributed by atoms with Gasteiger partial charge in [-0.05, 0) is 58.5 Å². The Labute approximate surface area is 199 Å². The van der Waals surface area contributed by atoms with Crippen molar-refractivity contribution in [3.63, 3.8) is 0 Å². The lowest BCUT2D eigenvalue weighted by atomic mass is 10.0. The predicted octanol–water partition coefficient (Wildman–Crippen LogP) is 2.96. The SMILES string of the molecule is CN=C(NCC(c1ccc(OC)c(OC)c1)N(C)C)NC1CCN(C(C)C)CC1.I. The van der Waals surface area contributed by atoms with E-state index in [0.717, 1.165) is 49.9 Å². The summed E-state index contributed by atoms with van der Waals surface area (Å²) in [4.78, 5) is 9.17. The van der Waals surface area contributed by atoms with Crippen LogP contribution in [0.25, 0.3) is 0 Å². The van der Waals surface area contributed by atoms with Crippen LogP contribution in [-0.2, 0) is 0 Å². The zero-order chi connectivity index (χ0) is 21.4. The lowest BCUT2D eigenvalue weighted by Gasteiger charge is -2.35. The fourth-order valence-corrected chi connectivity index (χ4v) is 3.80. The number of nitrogens with zero attached hydrogens (tertiary/aromatic N) is 3. The molecule has 1 fully saturated rings. The minimum Gasteiger partial charge on any atom is -0.493 e. The number of likely N-dealkylation sites (N-methyl/N-ethyl adjacent to an activating group) is 1. The average molecular weight is 533 g/mol. The summed E-state index contributed by atoms with van der Waals surface area (Å²) in [5.74, 6) is 2.35. The van der Waals surface area contributed by atoms with Crippen molar-refractivity contribution in [2.75, 3.05) is 55.0 Å². The summed E-state index contributed by atoms with van der Waals surface area (Å²) in [6.07, 6.45) is 2.29. The van der Waals surface area contributed by atoms with Crippen LogP contribution in [0.1, 0.15) is 38.3 Å². The quantitative estimate of drug-likeness (QED) is 0.305. The summed E-state index contributed by atoms with van der Waals surface area (Å²) in [5.41, 5.74) is 1.17. The first-order valence-electron chi connectivity index (χ1n) is 10.5. The molecule has 30 heavy (non-hydrogen) atoms. The molecule has 1 aromatic carbocycles. The lowest BCUT2D eigenvalue weighted by Crippen LogP contribution is -2.50. The number of hydrogen-bond acceptors (Lipinski definition) is 5. The monoisotopic (exact) mass is 533 g/mol. The van der Waals surface area contributed by atoms with Crippen molar-refractivity contribution in [2.45, 2.75) is 44.8 Å². The molecule has 0 radical (unpaired) electrons. The van der Waals surface area contributed by atoms with Gasteiger partial charge in [0.15, 0.2) is 17.5 Å². The number of guanidine groups is 1. The first-order valence-corrected chi connectivity index (χ1v) is 10.5. The van der Waals surface area contributed by atoms with Crippen LogP contribution in [0.15, 0.2) is 23.2 Å². The standard InChI is InChI=1S/C22H39N5O2.HI/c1-16(2)27-12-10-18(11-13-27)25-22(23-3)24-15-19(26(4)5)17-8-9-20(28-6)21(14-17)29-7;/h8-9,14,16,18-19H,10-13,15H2,1-7H3,(H2,23,24,25);1H. The molecule has 0 saturated carbocycles. The Balaban J connectivity index is 0.00000450. The summed E-state index contributed by atoms with van der Waals surface area (Å²) >= 11 is 0. The van der Waals surface area contributed by atoms with Gasteiger partial charge in [0, 0.05) is 38.8 Å². The molecule has 1 aliphatic rings. The molecule has 0 aliphatic carbocycles. The molecule has 2 rings (SSSR count). The maximum absolute atomic E-state index is 5.48. The summed E-state index contributed by atoms with van der Waals surface area (Å²) in [6, 6.07) is 7.36. The largest absolute Gasteiger partial charge is 0.493 e. The van der Waals surface area contributed by atoms with E-state index in [-0.39, 0.29) is 30.0 Å². The molecule has 0 bridgehead atoms. The van der Waals surface area contributed by atoms with Crippen molar-refractivity contribution in [3.8, 4) is 11.5 Å². The number of nitrogens with one attached hydrogen (secondary N) is 2. The van der Waals surface area contributed by atoms with Gasteiger partial charge in [0.1, 0.15) is 0 Å². The molecule has 0 amide bonds. The molecule has 172 valence electrons. The third kappa shape index (κ3) is 7.46. The van der Waals surface area contributed by atoms with Gasteiger partial charge >= 0.3 is 0 Å². The van der Waals surface area contributed by atoms with Crippen LogP contribution in [0, 0.1) is 0 Å². The fraction of sp³-hybridized carbons (Fsp3) is 0.682. The van der Waals surface area contributed by atoms with Crippen LogP contribution in [0.3, 0.4) is 0 Å². The molecule has 0 spiro atoms. The van der Waals surface area contributed by atoms with Crippen LogP contribution >= 0.6 is 24.0 Å². The Morgan fingerprint density at radius 1 is 1.17 bits per heavy atom. The number of benzene rings is 1. The van der Waals surface area contributed by atoms with E-state index in [2.05, 4.69) is 59.4 Å². The maximum Gasteiger partial charge on any atom is 0.191 e. The third-order valence-electron chi connectivity index (χ3n) is 5.70. The molecular formula is C22H40IN5O2. The zero-order valence-electron chi connectivity index (χ0n) is 19.6. The minimum atomic E-state index is 0. The van der Waals surface area contributed by atoms with Gasteiger partial charge in [-0.25, -0.2) is 0 Å². The highest BCUT2D eigenvalue weighted by atomic mass is 127. The number of likely N-dealkylation sites (tertiary alicyclic amines) is 1. The van der Waals surface area contributed by atoms with E-state index >= 15 is 0 Å². The Bertz CT molecular complexity index is 661. The van der Waals surface area contributed by atoms with Gasteiger partial charge in [-0.3, -0.25) is 4.99 Å². The summed E-state index contributed by atoms with van der Waals surface area (Å²) in [5, 5.41) is 7.11. The van der Waals surface area contributed by atoms with Gasteiger partial charge in [0.2, 0.25) is 0 Å². The average Bonchev–Trinajstić information content (AvgIpc) is 2.72. The van der Waals surface area contributed by atoms with Crippen LogP contribution in [0.4, 0.5) is 0 Å². The summed E-state index contributed by atoms with van der Waals surface area (Å²) < 4.78 is 10.8. The molecule has 1 atom stereocenters. The fourth-order valence-electron chi connectivity index (χ4n) is 3.80. The van der Waals surface area contributed by atoms with Crippen molar-refractivity contribution < 1.29 is 9.47 Å². The first kappa shape index (κ1) is 26.8. The highest BCUT2D eigenvalue weighted by molar-refractivity contribution is 14.0. The van der Waals surface area contributed by atoms with Crippen molar-refractivity contribution >= 4 is 29.9 Å². The van der Waals surface area contributed by atoms with Crippen molar-refractivity contribution in [3.05, 3.63) is 23.8 Å². The zero-order valence-corrected chi connectivity index (χ0v) is 21.9. The van der Waals surface area contributed by atoms with Gasteiger partial charge in [-0.15, -0.1) is 24.0 Å². The van der Waals surface area contributed by atoms with Gasteiger partial charge in [-0.1, -0.05) is 6.07 Å². The van der Waals surface area contributed by atoms with Crippen LogP contribution in [-0.4, -0.2) is 82.8 Å². The van der Waals surface area contributed by atoms with Crippen molar-refractivity contribution in [1.29, 1.82) is 0 Å². The number of methoxy groups -OCH3 is 2. The van der Waals surface area contributed by atoms with Crippen molar-refractivity contribution in [1.82, 2.24) is 20.4 Å². The minimum absolute atomic E-state index is 0. The maximum atomic E-state index is 5.48. The normalized spacial score (nSPS) is 16.9. The van der Waals surface area contributed by atoms with E-state index in [1.54, 1.807) is 14.2 Å². The third-order valence-corrected chi connectivity index (χ3v) is 5.70. The second-order valence-electron chi connectivity index (χ2n) is 8.10. The predicted molar refractivity (Wildman–Crippen MR) is 136 cm³/mol. The smallest absolute Gasteiger partial charge is 0.191 e. The van der Waals surface area contributed by atoms with E-state index < -0.39 is 0 Å². The molecular weight excluding hydrogens is 493 g/mol. The van der Waals surface area contributed by atoms with E-state index in [0.29, 0.717) is 12.1 Å².